The van der Waals surface area contributed by atoms with E-state index in [0.717, 1.165) is 17.9 Å². The average Bonchev–Trinajstić information content (AvgIpc) is 3.15. The Balaban J connectivity index is 1.71. The molecule has 0 fully saturated rings. The molecule has 7 nitrogen and oxygen atoms in total. The molecule has 4 heterocycles. The molecule has 0 spiro atoms. The maximum Gasteiger partial charge on any atom is 0.262 e. The summed E-state index contributed by atoms with van der Waals surface area (Å²) >= 11 is 6.05. The van der Waals surface area contributed by atoms with Gasteiger partial charge in [-0.1, -0.05) is 11.6 Å². The van der Waals surface area contributed by atoms with Crippen molar-refractivity contribution in [1.82, 2.24) is 29.5 Å². The summed E-state index contributed by atoms with van der Waals surface area (Å²) in [5, 5.41) is 8.09. The van der Waals surface area contributed by atoms with Crippen molar-refractivity contribution in [3.63, 3.8) is 0 Å². The van der Waals surface area contributed by atoms with Crippen molar-refractivity contribution < 1.29 is 8.78 Å². The van der Waals surface area contributed by atoms with Crippen molar-refractivity contribution in [3.8, 4) is 11.3 Å². The average molecular weight is 364 g/mol. The van der Waals surface area contributed by atoms with E-state index in [-0.39, 0.29) is 5.95 Å². The van der Waals surface area contributed by atoms with Crippen LogP contribution in [0.25, 0.3) is 27.9 Å². The van der Waals surface area contributed by atoms with Gasteiger partial charge in [0.25, 0.3) is 5.92 Å². The third-order valence-electron chi connectivity index (χ3n) is 3.59. The minimum Gasteiger partial charge on any atom is -0.348 e. The van der Waals surface area contributed by atoms with E-state index in [1.165, 1.54) is 10.7 Å². The quantitative estimate of drug-likeness (QED) is 0.580. The molecule has 0 aliphatic carbocycles. The van der Waals surface area contributed by atoms with Crippen molar-refractivity contribution in [1.29, 1.82) is 0 Å². The summed E-state index contributed by atoms with van der Waals surface area (Å²) in [4.78, 5) is 15.4. The van der Waals surface area contributed by atoms with Crippen LogP contribution in [0.3, 0.4) is 0 Å². The van der Waals surface area contributed by atoms with Gasteiger partial charge < -0.3 is 10.3 Å². The molecule has 4 aromatic rings. The monoisotopic (exact) mass is 363 g/mol. The summed E-state index contributed by atoms with van der Waals surface area (Å²) in [5.41, 5.74) is 2.58. The van der Waals surface area contributed by atoms with E-state index in [0.29, 0.717) is 22.1 Å². The molecule has 0 atom stereocenters. The highest BCUT2D eigenvalue weighted by atomic mass is 35.5. The summed E-state index contributed by atoms with van der Waals surface area (Å²) in [5.74, 6) is -2.72. The summed E-state index contributed by atoms with van der Waals surface area (Å²) in [6.07, 6.45) is 4.82. The van der Waals surface area contributed by atoms with Gasteiger partial charge in [0.15, 0.2) is 10.8 Å². The third kappa shape index (κ3) is 2.98. The summed E-state index contributed by atoms with van der Waals surface area (Å²) < 4.78 is 27.4. The van der Waals surface area contributed by atoms with Crippen LogP contribution in [-0.2, 0) is 0 Å². The number of aromatic nitrogens is 6. The van der Waals surface area contributed by atoms with E-state index < -0.39 is 12.5 Å². The second-order valence-corrected chi connectivity index (χ2v) is 6.04. The van der Waals surface area contributed by atoms with Crippen molar-refractivity contribution in [2.45, 2.75) is 12.8 Å². The van der Waals surface area contributed by atoms with Gasteiger partial charge in [0, 0.05) is 30.3 Å². The molecule has 25 heavy (non-hydrogen) atoms. The van der Waals surface area contributed by atoms with Gasteiger partial charge in [0.2, 0.25) is 5.95 Å². The molecular weight excluding hydrogens is 352 g/mol. The van der Waals surface area contributed by atoms with E-state index in [9.17, 15) is 8.78 Å². The van der Waals surface area contributed by atoms with E-state index in [2.05, 4.69) is 30.4 Å². The first-order valence-electron chi connectivity index (χ1n) is 7.37. The summed E-state index contributed by atoms with van der Waals surface area (Å²) in [6.45, 7) is 0.289. The Morgan fingerprint density at radius 3 is 2.92 bits per heavy atom. The van der Waals surface area contributed by atoms with Gasteiger partial charge in [-0.25, -0.2) is 23.3 Å². The molecule has 0 aliphatic heterocycles. The highest BCUT2D eigenvalue weighted by Gasteiger charge is 2.21. The van der Waals surface area contributed by atoms with Gasteiger partial charge >= 0.3 is 0 Å². The first-order valence-corrected chi connectivity index (χ1v) is 7.75. The van der Waals surface area contributed by atoms with Crippen molar-refractivity contribution in [2.24, 2.45) is 0 Å². The third-order valence-corrected chi connectivity index (χ3v) is 3.84. The van der Waals surface area contributed by atoms with E-state index in [1.54, 1.807) is 18.5 Å². The Hall–Kier alpha value is -2.81. The Morgan fingerprint density at radius 1 is 1.28 bits per heavy atom. The minimum atomic E-state index is -2.84. The Morgan fingerprint density at radius 2 is 2.12 bits per heavy atom. The van der Waals surface area contributed by atoms with E-state index in [4.69, 9.17) is 11.6 Å². The molecule has 0 aliphatic rings. The SMILES string of the molecule is CC(F)(F)CNc1ncc2c(-c3ccc4ncc(Cl)n4n3)c[nH]c2n1. The number of alkyl halides is 2. The largest absolute Gasteiger partial charge is 0.348 e. The molecule has 0 aromatic carbocycles. The number of H-pyrrole nitrogens is 1. The van der Waals surface area contributed by atoms with Crippen LogP contribution in [0, 0.1) is 0 Å². The summed E-state index contributed by atoms with van der Waals surface area (Å²) in [6, 6.07) is 3.61. The molecule has 0 bridgehead atoms. The van der Waals surface area contributed by atoms with Gasteiger partial charge in [-0.2, -0.15) is 10.1 Å². The number of nitrogens with zero attached hydrogens (tertiary/aromatic N) is 5. The van der Waals surface area contributed by atoms with E-state index >= 15 is 0 Å². The standard InChI is InChI=1S/C15H12ClF2N7/c1-15(17,18)7-22-14-21-5-9-8(4-20-13(9)23-14)10-2-3-12-19-6-11(16)25(12)24-10/h2-6H,7H2,1H3,(H2,20,21,22,23). The first kappa shape index (κ1) is 15.7. The fraction of sp³-hybridized carbons (Fsp3) is 0.200. The molecule has 4 rings (SSSR count). The lowest BCUT2D eigenvalue weighted by Gasteiger charge is -2.10. The van der Waals surface area contributed by atoms with Gasteiger partial charge in [0.1, 0.15) is 5.65 Å². The Kier molecular flexibility index (Phi) is 3.53. The molecule has 128 valence electrons. The number of fused-ring (bicyclic) bond motifs is 2. The fourth-order valence-electron chi connectivity index (χ4n) is 2.43. The molecule has 10 heteroatoms. The van der Waals surface area contributed by atoms with Crippen LogP contribution in [0.4, 0.5) is 14.7 Å². The van der Waals surface area contributed by atoms with Gasteiger partial charge in [0.05, 0.1) is 18.4 Å². The lowest BCUT2D eigenvalue weighted by molar-refractivity contribution is 0.0366. The van der Waals surface area contributed by atoms with Crippen molar-refractivity contribution in [2.75, 3.05) is 11.9 Å². The zero-order chi connectivity index (χ0) is 17.6. The molecule has 0 saturated heterocycles. The van der Waals surface area contributed by atoms with Crippen LogP contribution < -0.4 is 5.32 Å². The zero-order valence-electron chi connectivity index (χ0n) is 13.0. The van der Waals surface area contributed by atoms with Crippen molar-refractivity contribution >= 4 is 34.2 Å². The lowest BCUT2D eigenvalue weighted by atomic mass is 10.2. The number of nitrogens with one attached hydrogen (secondary N) is 2. The lowest BCUT2D eigenvalue weighted by Crippen LogP contribution is -2.23. The minimum absolute atomic E-state index is 0.128. The van der Waals surface area contributed by atoms with Crippen LogP contribution in [0.1, 0.15) is 6.92 Å². The normalized spacial score (nSPS) is 12.2. The topological polar surface area (TPSA) is 83.8 Å². The van der Waals surface area contributed by atoms with Crippen LogP contribution in [0.2, 0.25) is 5.15 Å². The highest BCUT2D eigenvalue weighted by Crippen LogP contribution is 2.27. The highest BCUT2D eigenvalue weighted by molar-refractivity contribution is 6.29. The number of rotatable bonds is 4. The van der Waals surface area contributed by atoms with Crippen LogP contribution in [-0.4, -0.2) is 42.0 Å². The molecule has 2 N–H and O–H groups in total. The molecular formula is C15H12ClF2N7. The van der Waals surface area contributed by atoms with Crippen LogP contribution in [0.15, 0.2) is 30.7 Å². The second-order valence-electron chi connectivity index (χ2n) is 5.65. The van der Waals surface area contributed by atoms with Gasteiger partial charge in [-0.15, -0.1) is 0 Å². The molecule has 0 unspecified atom stereocenters. The van der Waals surface area contributed by atoms with Gasteiger partial charge in [-0.05, 0) is 12.1 Å². The molecule has 0 saturated carbocycles. The van der Waals surface area contributed by atoms with Crippen LogP contribution >= 0.6 is 11.6 Å². The number of hydrogen-bond acceptors (Lipinski definition) is 5. The van der Waals surface area contributed by atoms with Crippen LogP contribution in [0.5, 0.6) is 0 Å². The predicted octanol–water partition coefficient (Wildman–Crippen LogP) is 3.39. The Bertz CT molecular complexity index is 1070. The Labute approximate surface area is 145 Å². The van der Waals surface area contributed by atoms with E-state index in [1.807, 2.05) is 6.07 Å². The number of halogens is 3. The number of anilines is 1. The first-order chi connectivity index (χ1) is 11.9. The molecule has 0 amide bonds. The van der Waals surface area contributed by atoms with Crippen molar-refractivity contribution in [3.05, 3.63) is 35.9 Å². The molecule has 0 radical (unpaired) electrons. The number of aromatic amines is 1. The second kappa shape index (κ2) is 5.62. The maximum atomic E-state index is 12.9. The van der Waals surface area contributed by atoms with Gasteiger partial charge in [-0.3, -0.25) is 0 Å². The summed E-state index contributed by atoms with van der Waals surface area (Å²) in [7, 11) is 0. The number of hydrogen-bond donors (Lipinski definition) is 2. The maximum absolute atomic E-state index is 12.9. The predicted molar refractivity (Wildman–Crippen MR) is 90.0 cm³/mol. The molecule has 4 aromatic heterocycles. The zero-order valence-corrected chi connectivity index (χ0v) is 13.7. The fourth-order valence-corrected chi connectivity index (χ4v) is 2.60. The smallest absolute Gasteiger partial charge is 0.262 e. The number of imidazole rings is 1.